The van der Waals surface area contributed by atoms with Crippen LogP contribution in [0.2, 0.25) is 0 Å². The molecule has 1 aliphatic heterocycles. The Morgan fingerprint density at radius 1 is 1.12 bits per heavy atom. The molecule has 0 aromatic carbocycles. The molecule has 4 atom stereocenters. The van der Waals surface area contributed by atoms with Crippen LogP contribution in [-0.4, -0.2) is 31.2 Å². The van der Waals surface area contributed by atoms with E-state index in [1.165, 1.54) is 19.3 Å². The molecule has 2 bridgehead atoms. The van der Waals surface area contributed by atoms with Crippen LogP contribution < -0.4 is 11.1 Å². The van der Waals surface area contributed by atoms with Crippen LogP contribution in [0.25, 0.3) is 0 Å². The third-order valence-electron chi connectivity index (χ3n) is 6.62. The van der Waals surface area contributed by atoms with Crippen molar-refractivity contribution in [2.24, 2.45) is 34.8 Å². The van der Waals surface area contributed by atoms with E-state index in [0.29, 0.717) is 23.8 Å². The van der Waals surface area contributed by atoms with Crippen LogP contribution in [0, 0.1) is 29.1 Å². The van der Waals surface area contributed by atoms with Crippen LogP contribution in [0.5, 0.6) is 0 Å². The Morgan fingerprint density at radius 2 is 1.79 bits per heavy atom. The van der Waals surface area contributed by atoms with Crippen LogP contribution in [0.3, 0.4) is 0 Å². The van der Waals surface area contributed by atoms with Crippen LogP contribution in [-0.2, 0) is 9.53 Å². The summed E-state index contributed by atoms with van der Waals surface area (Å²) in [7, 11) is 0. The fourth-order valence-corrected chi connectivity index (χ4v) is 5.39. The van der Waals surface area contributed by atoms with Gasteiger partial charge in [0.15, 0.2) is 0 Å². The van der Waals surface area contributed by atoms with E-state index in [9.17, 15) is 4.79 Å². The molecule has 0 radical (unpaired) electrons. The van der Waals surface area contributed by atoms with Gasteiger partial charge in [0, 0.05) is 31.0 Å². The summed E-state index contributed by atoms with van der Waals surface area (Å²) in [5.41, 5.74) is 6.48. The Kier molecular flexibility index (Phi) is 5.55. The van der Waals surface area contributed by atoms with Crippen molar-refractivity contribution in [2.75, 3.05) is 13.2 Å². The number of hydrogen-bond donors (Lipinski definition) is 2. The Morgan fingerprint density at radius 3 is 2.42 bits per heavy atom. The highest BCUT2D eigenvalue weighted by atomic mass is 16.5. The van der Waals surface area contributed by atoms with Gasteiger partial charge in [-0.15, -0.1) is 0 Å². The smallest absolute Gasteiger partial charge is 0.223 e. The summed E-state index contributed by atoms with van der Waals surface area (Å²) in [6, 6.07) is 0.333. The minimum absolute atomic E-state index is 0.129. The molecule has 3 N–H and O–H groups in total. The SMILES string of the molecule is CC(C)(C)C1OCCCC1CNC(=O)C1CC2CCCC(C1)C2N. The van der Waals surface area contributed by atoms with Gasteiger partial charge in [0.05, 0.1) is 6.10 Å². The highest BCUT2D eigenvalue weighted by molar-refractivity contribution is 5.78. The lowest BCUT2D eigenvalue weighted by Gasteiger charge is -2.44. The van der Waals surface area contributed by atoms with Gasteiger partial charge < -0.3 is 15.8 Å². The number of hydrogen-bond acceptors (Lipinski definition) is 3. The largest absolute Gasteiger partial charge is 0.377 e. The fourth-order valence-electron chi connectivity index (χ4n) is 5.39. The van der Waals surface area contributed by atoms with Crippen molar-refractivity contribution >= 4 is 5.91 Å². The van der Waals surface area contributed by atoms with Crippen molar-refractivity contribution in [2.45, 2.75) is 77.9 Å². The van der Waals surface area contributed by atoms with E-state index in [4.69, 9.17) is 10.5 Å². The first kappa shape index (κ1) is 18.2. The zero-order valence-electron chi connectivity index (χ0n) is 15.7. The summed E-state index contributed by atoms with van der Waals surface area (Å²) < 4.78 is 6.04. The van der Waals surface area contributed by atoms with Crippen LogP contribution >= 0.6 is 0 Å². The van der Waals surface area contributed by atoms with Gasteiger partial charge in [-0.2, -0.15) is 0 Å². The number of carbonyl (C=O) groups is 1. The molecule has 0 aromatic rings. The lowest BCUT2D eigenvalue weighted by Crippen LogP contribution is -2.50. The second kappa shape index (κ2) is 7.33. The van der Waals surface area contributed by atoms with Gasteiger partial charge in [0.25, 0.3) is 0 Å². The van der Waals surface area contributed by atoms with Crippen molar-refractivity contribution in [3.8, 4) is 0 Å². The predicted molar refractivity (Wildman–Crippen MR) is 96.5 cm³/mol. The van der Waals surface area contributed by atoms with E-state index in [2.05, 4.69) is 26.1 Å². The van der Waals surface area contributed by atoms with Gasteiger partial charge >= 0.3 is 0 Å². The zero-order valence-corrected chi connectivity index (χ0v) is 15.7. The van der Waals surface area contributed by atoms with E-state index in [1.54, 1.807) is 0 Å². The molecule has 3 aliphatic rings. The molecular formula is C20H36N2O2. The maximum atomic E-state index is 12.7. The van der Waals surface area contributed by atoms with Gasteiger partial charge in [-0.25, -0.2) is 0 Å². The maximum absolute atomic E-state index is 12.7. The minimum atomic E-state index is 0.129. The van der Waals surface area contributed by atoms with E-state index < -0.39 is 0 Å². The Bertz CT molecular complexity index is 431. The normalized spacial score (nSPS) is 40.2. The molecule has 3 rings (SSSR count). The summed E-state index contributed by atoms with van der Waals surface area (Å²) in [5.74, 6) is 2.00. The molecule has 1 saturated heterocycles. The number of nitrogens with one attached hydrogen (secondary N) is 1. The minimum Gasteiger partial charge on any atom is -0.377 e. The lowest BCUT2D eigenvalue weighted by molar-refractivity contribution is -0.129. The van der Waals surface area contributed by atoms with Crippen molar-refractivity contribution in [3.63, 3.8) is 0 Å². The summed E-state index contributed by atoms with van der Waals surface area (Å²) in [4.78, 5) is 12.7. The number of amides is 1. The average molecular weight is 337 g/mol. The maximum Gasteiger partial charge on any atom is 0.223 e. The highest BCUT2D eigenvalue weighted by Gasteiger charge is 2.41. The predicted octanol–water partition coefficient (Wildman–Crippen LogP) is 3.10. The van der Waals surface area contributed by atoms with Gasteiger partial charge in [0.1, 0.15) is 0 Å². The van der Waals surface area contributed by atoms with Crippen LogP contribution in [0.1, 0.15) is 65.7 Å². The fraction of sp³-hybridized carbons (Fsp3) is 0.950. The lowest BCUT2D eigenvalue weighted by atomic mass is 9.65. The van der Waals surface area contributed by atoms with E-state index in [0.717, 1.165) is 38.8 Å². The second-order valence-electron chi connectivity index (χ2n) is 9.50. The Labute approximate surface area is 147 Å². The van der Waals surface area contributed by atoms with E-state index in [-0.39, 0.29) is 23.3 Å². The zero-order chi connectivity index (χ0) is 17.3. The molecule has 1 heterocycles. The Balaban J connectivity index is 1.53. The number of fused-ring (bicyclic) bond motifs is 2. The highest BCUT2D eigenvalue weighted by Crippen LogP contribution is 2.42. The molecule has 1 amide bonds. The van der Waals surface area contributed by atoms with Crippen molar-refractivity contribution in [1.82, 2.24) is 5.32 Å². The molecule has 4 heteroatoms. The molecule has 4 nitrogen and oxygen atoms in total. The third-order valence-corrected chi connectivity index (χ3v) is 6.62. The third kappa shape index (κ3) is 3.96. The molecule has 138 valence electrons. The summed E-state index contributed by atoms with van der Waals surface area (Å²) in [6.45, 7) is 8.33. The van der Waals surface area contributed by atoms with Gasteiger partial charge in [-0.3, -0.25) is 4.79 Å². The Hall–Kier alpha value is -0.610. The van der Waals surface area contributed by atoms with E-state index >= 15 is 0 Å². The van der Waals surface area contributed by atoms with Gasteiger partial charge in [-0.05, 0) is 55.8 Å². The van der Waals surface area contributed by atoms with Crippen molar-refractivity contribution in [3.05, 3.63) is 0 Å². The second-order valence-corrected chi connectivity index (χ2v) is 9.50. The summed E-state index contributed by atoms with van der Waals surface area (Å²) in [6.07, 6.45) is 8.21. The van der Waals surface area contributed by atoms with Crippen LogP contribution in [0.15, 0.2) is 0 Å². The molecule has 3 fully saturated rings. The van der Waals surface area contributed by atoms with Gasteiger partial charge in [-0.1, -0.05) is 27.2 Å². The molecule has 0 spiro atoms. The first-order chi connectivity index (χ1) is 11.4. The van der Waals surface area contributed by atoms with Crippen LogP contribution in [0.4, 0.5) is 0 Å². The molecule has 0 aromatic heterocycles. The first-order valence-corrected chi connectivity index (χ1v) is 10.0. The first-order valence-electron chi connectivity index (χ1n) is 10.0. The van der Waals surface area contributed by atoms with Crippen molar-refractivity contribution < 1.29 is 9.53 Å². The monoisotopic (exact) mass is 336 g/mol. The molecule has 2 aliphatic carbocycles. The van der Waals surface area contributed by atoms with E-state index in [1.807, 2.05) is 0 Å². The van der Waals surface area contributed by atoms with Gasteiger partial charge in [0.2, 0.25) is 5.91 Å². The average Bonchev–Trinajstić information content (AvgIpc) is 2.51. The molecule has 4 unspecified atom stereocenters. The topological polar surface area (TPSA) is 64.3 Å². The molecule has 24 heavy (non-hydrogen) atoms. The number of nitrogens with two attached hydrogens (primary N) is 1. The number of carbonyl (C=O) groups excluding carboxylic acids is 1. The number of rotatable bonds is 3. The standard InChI is InChI=1S/C20H36N2O2/c1-20(2,3)18-15(8-5-9-24-18)12-22-19(23)16-10-13-6-4-7-14(11-16)17(13)21/h13-18H,4-12,21H2,1-3H3,(H,22,23). The number of ether oxygens (including phenoxy) is 1. The summed E-state index contributed by atoms with van der Waals surface area (Å²) >= 11 is 0. The quantitative estimate of drug-likeness (QED) is 0.832. The van der Waals surface area contributed by atoms with Crippen molar-refractivity contribution in [1.29, 1.82) is 0 Å². The molecular weight excluding hydrogens is 300 g/mol. The molecule has 2 saturated carbocycles. The summed E-state index contributed by atoms with van der Waals surface area (Å²) in [5, 5.41) is 3.27.